The first-order valence-corrected chi connectivity index (χ1v) is 7.70. The van der Waals surface area contributed by atoms with E-state index in [1.165, 1.54) is 6.07 Å². The lowest BCUT2D eigenvalue weighted by Crippen LogP contribution is -2.38. The fourth-order valence-electron chi connectivity index (χ4n) is 1.17. The number of nitrogens with one attached hydrogen (secondary N) is 1. The number of likely N-dealkylation sites (N-methyl/N-ethyl adjacent to an activating group) is 1. The Bertz CT molecular complexity index is 498. The monoisotopic (exact) mass is 339 g/mol. The van der Waals surface area contributed by atoms with Gasteiger partial charge in [-0.3, -0.25) is 0 Å². The Labute approximate surface area is 116 Å². The molecule has 18 heavy (non-hydrogen) atoms. The van der Waals surface area contributed by atoms with Crippen molar-refractivity contribution in [3.63, 3.8) is 0 Å². The van der Waals surface area contributed by atoms with Gasteiger partial charge >= 0.3 is 0 Å². The predicted octanol–water partition coefficient (Wildman–Crippen LogP) is 0.729. The molecular formula is C10H18BrN3O3S. The molecule has 1 aromatic heterocycles. The highest BCUT2D eigenvalue weighted by Gasteiger charge is 2.22. The number of hydrogen-bond donors (Lipinski definition) is 2. The highest BCUT2D eigenvalue weighted by molar-refractivity contribution is 9.10. The number of furan rings is 1. The molecule has 104 valence electrons. The molecule has 8 heteroatoms. The van der Waals surface area contributed by atoms with E-state index in [1.54, 1.807) is 0 Å². The van der Waals surface area contributed by atoms with Gasteiger partial charge in [0.2, 0.25) is 10.0 Å². The summed E-state index contributed by atoms with van der Waals surface area (Å²) in [6.07, 6.45) is 0. The minimum Gasteiger partial charge on any atom is -0.452 e. The van der Waals surface area contributed by atoms with Crippen LogP contribution in [0, 0.1) is 0 Å². The topological polar surface area (TPSA) is 88.6 Å². The maximum absolute atomic E-state index is 12.0. The minimum atomic E-state index is -3.58. The van der Waals surface area contributed by atoms with Crippen LogP contribution in [0.5, 0.6) is 0 Å². The standard InChI is InChI=1S/C10H18BrN3O3S/c1-7(14(2)3)6-13-18(15,16)9-4-8(5-12)17-10(9)11/h4,7,13H,5-6,12H2,1-3H3. The van der Waals surface area contributed by atoms with Crippen molar-refractivity contribution in [1.29, 1.82) is 0 Å². The normalized spacial score (nSPS) is 14.1. The van der Waals surface area contributed by atoms with Crippen LogP contribution in [-0.4, -0.2) is 40.0 Å². The van der Waals surface area contributed by atoms with Crippen molar-refractivity contribution in [2.75, 3.05) is 20.6 Å². The summed E-state index contributed by atoms with van der Waals surface area (Å²) in [5.41, 5.74) is 5.40. The van der Waals surface area contributed by atoms with Crippen molar-refractivity contribution in [3.05, 3.63) is 16.5 Å². The van der Waals surface area contributed by atoms with Crippen LogP contribution in [0.4, 0.5) is 0 Å². The lowest BCUT2D eigenvalue weighted by atomic mass is 10.3. The summed E-state index contributed by atoms with van der Waals surface area (Å²) in [6, 6.07) is 1.52. The second kappa shape index (κ2) is 6.16. The molecule has 1 heterocycles. The number of halogens is 1. The van der Waals surface area contributed by atoms with E-state index in [0.717, 1.165) is 0 Å². The Balaban J connectivity index is 2.83. The van der Waals surface area contributed by atoms with Crippen LogP contribution >= 0.6 is 15.9 Å². The quantitative estimate of drug-likeness (QED) is 0.797. The Morgan fingerprint density at radius 2 is 2.17 bits per heavy atom. The van der Waals surface area contributed by atoms with Crippen LogP contribution in [-0.2, 0) is 16.6 Å². The number of rotatable bonds is 6. The molecule has 0 aliphatic heterocycles. The number of hydrogen-bond acceptors (Lipinski definition) is 5. The first kappa shape index (κ1) is 15.6. The first-order chi connectivity index (χ1) is 8.27. The molecule has 0 fully saturated rings. The zero-order valence-corrected chi connectivity index (χ0v) is 13.0. The van der Waals surface area contributed by atoms with Crippen molar-refractivity contribution in [2.45, 2.75) is 24.4 Å². The Hall–Kier alpha value is -0.410. The molecule has 3 N–H and O–H groups in total. The van der Waals surface area contributed by atoms with Crippen LogP contribution < -0.4 is 10.5 Å². The van der Waals surface area contributed by atoms with Gasteiger partial charge in [-0.05, 0) is 36.9 Å². The van der Waals surface area contributed by atoms with E-state index in [1.807, 2.05) is 25.9 Å². The van der Waals surface area contributed by atoms with Crippen molar-refractivity contribution in [2.24, 2.45) is 5.73 Å². The summed E-state index contributed by atoms with van der Waals surface area (Å²) >= 11 is 3.08. The maximum atomic E-state index is 12.0. The van der Waals surface area contributed by atoms with Gasteiger partial charge in [0.05, 0.1) is 6.54 Å². The predicted molar refractivity (Wildman–Crippen MR) is 72.6 cm³/mol. The zero-order valence-electron chi connectivity index (χ0n) is 10.6. The number of nitrogens with zero attached hydrogens (tertiary/aromatic N) is 1. The summed E-state index contributed by atoms with van der Waals surface area (Å²) in [7, 11) is 0.195. The van der Waals surface area contributed by atoms with Crippen molar-refractivity contribution in [3.8, 4) is 0 Å². The van der Waals surface area contributed by atoms with E-state index in [4.69, 9.17) is 10.2 Å². The molecule has 0 aliphatic rings. The second-order valence-corrected chi connectivity index (χ2v) is 6.67. The first-order valence-electron chi connectivity index (χ1n) is 5.42. The Morgan fingerprint density at radius 3 is 2.61 bits per heavy atom. The minimum absolute atomic E-state index is 0.0777. The fraction of sp³-hybridized carbons (Fsp3) is 0.600. The summed E-state index contributed by atoms with van der Waals surface area (Å²) in [4.78, 5) is 2.01. The molecule has 1 unspecified atom stereocenters. The Morgan fingerprint density at radius 1 is 1.56 bits per heavy atom. The van der Waals surface area contributed by atoms with Crippen molar-refractivity contribution >= 4 is 26.0 Å². The molecule has 0 bridgehead atoms. The molecule has 0 amide bonds. The summed E-state index contributed by atoms with van der Waals surface area (Å²) in [5.74, 6) is 0.419. The van der Waals surface area contributed by atoms with Gasteiger partial charge in [-0.2, -0.15) is 0 Å². The highest BCUT2D eigenvalue weighted by atomic mass is 79.9. The lowest BCUT2D eigenvalue weighted by Gasteiger charge is -2.19. The van der Waals surface area contributed by atoms with Crippen LogP contribution in [0.3, 0.4) is 0 Å². The van der Waals surface area contributed by atoms with E-state index < -0.39 is 10.0 Å². The van der Waals surface area contributed by atoms with Gasteiger partial charge in [0.15, 0.2) is 4.67 Å². The number of nitrogens with two attached hydrogens (primary N) is 1. The van der Waals surface area contributed by atoms with E-state index in [-0.39, 0.29) is 22.2 Å². The molecule has 6 nitrogen and oxygen atoms in total. The lowest BCUT2D eigenvalue weighted by molar-refractivity contribution is 0.314. The summed E-state index contributed by atoms with van der Waals surface area (Å²) < 4.78 is 32.0. The SMILES string of the molecule is CC(CNS(=O)(=O)c1cc(CN)oc1Br)N(C)C. The summed E-state index contributed by atoms with van der Waals surface area (Å²) in [5, 5.41) is 0. The van der Waals surface area contributed by atoms with E-state index in [2.05, 4.69) is 20.7 Å². The Kier molecular flexibility index (Phi) is 5.35. The maximum Gasteiger partial charge on any atom is 0.245 e. The molecule has 0 spiro atoms. The van der Waals surface area contributed by atoms with Crippen LogP contribution in [0.25, 0.3) is 0 Å². The molecule has 0 aliphatic carbocycles. The van der Waals surface area contributed by atoms with E-state index in [9.17, 15) is 8.42 Å². The fourth-order valence-corrected chi connectivity index (χ4v) is 3.29. The molecule has 0 radical (unpaired) electrons. The highest BCUT2D eigenvalue weighted by Crippen LogP contribution is 2.25. The molecular weight excluding hydrogens is 322 g/mol. The largest absolute Gasteiger partial charge is 0.452 e. The third kappa shape index (κ3) is 3.79. The zero-order chi connectivity index (χ0) is 13.9. The van der Waals surface area contributed by atoms with Gasteiger partial charge in [0.1, 0.15) is 10.7 Å². The summed E-state index contributed by atoms with van der Waals surface area (Å²) in [6.45, 7) is 2.41. The van der Waals surface area contributed by atoms with Gasteiger partial charge < -0.3 is 15.1 Å². The second-order valence-electron chi connectivity index (χ2n) is 4.22. The van der Waals surface area contributed by atoms with Crippen molar-refractivity contribution < 1.29 is 12.8 Å². The van der Waals surface area contributed by atoms with Crippen LogP contribution in [0.1, 0.15) is 12.7 Å². The van der Waals surface area contributed by atoms with E-state index in [0.29, 0.717) is 12.3 Å². The van der Waals surface area contributed by atoms with Gasteiger partial charge in [-0.25, -0.2) is 13.1 Å². The molecule has 1 rings (SSSR count). The molecule has 0 saturated carbocycles. The van der Waals surface area contributed by atoms with Gasteiger partial charge in [-0.1, -0.05) is 0 Å². The van der Waals surface area contributed by atoms with Gasteiger partial charge in [-0.15, -0.1) is 0 Å². The van der Waals surface area contributed by atoms with Gasteiger partial charge in [0.25, 0.3) is 0 Å². The van der Waals surface area contributed by atoms with E-state index >= 15 is 0 Å². The average Bonchev–Trinajstić information content (AvgIpc) is 2.68. The third-order valence-electron chi connectivity index (χ3n) is 2.65. The molecule has 1 atom stereocenters. The third-order valence-corrected chi connectivity index (χ3v) is 4.93. The van der Waals surface area contributed by atoms with Crippen LogP contribution in [0.15, 0.2) is 20.0 Å². The smallest absolute Gasteiger partial charge is 0.245 e. The molecule has 0 saturated heterocycles. The van der Waals surface area contributed by atoms with Crippen molar-refractivity contribution in [1.82, 2.24) is 9.62 Å². The average molecular weight is 340 g/mol. The molecule has 1 aromatic rings. The van der Waals surface area contributed by atoms with Crippen LogP contribution in [0.2, 0.25) is 0 Å². The molecule has 0 aromatic carbocycles. The van der Waals surface area contributed by atoms with Gasteiger partial charge in [0, 0.05) is 18.7 Å². The number of sulfonamides is 1.